The van der Waals surface area contributed by atoms with E-state index in [2.05, 4.69) is 10.4 Å². The molecule has 1 amide bonds. The van der Waals surface area contributed by atoms with Gasteiger partial charge in [0.15, 0.2) is 0 Å². The Balaban J connectivity index is 1.41. The largest absolute Gasteiger partial charge is 0.372 e. The van der Waals surface area contributed by atoms with Gasteiger partial charge in [-0.25, -0.2) is 4.68 Å². The molecular formula is C19H26N4O2. The van der Waals surface area contributed by atoms with Gasteiger partial charge in [0.2, 0.25) is 5.91 Å². The fourth-order valence-electron chi connectivity index (χ4n) is 3.14. The second kappa shape index (κ2) is 8.27. The quantitative estimate of drug-likeness (QED) is 0.816. The highest BCUT2D eigenvalue weighted by Crippen LogP contribution is 2.11. The van der Waals surface area contributed by atoms with E-state index in [1.807, 2.05) is 66.2 Å². The molecule has 1 aliphatic rings. The number of amides is 1. The average Bonchev–Trinajstić information content (AvgIpc) is 3.07. The van der Waals surface area contributed by atoms with E-state index < -0.39 is 0 Å². The third-order valence-electron chi connectivity index (χ3n) is 4.27. The summed E-state index contributed by atoms with van der Waals surface area (Å²) in [5.41, 5.74) is 2.14. The highest BCUT2D eigenvalue weighted by molar-refractivity contribution is 5.76. The molecule has 2 atom stereocenters. The number of nitrogens with one attached hydrogen (secondary N) is 1. The van der Waals surface area contributed by atoms with Crippen LogP contribution < -0.4 is 5.32 Å². The Morgan fingerprint density at radius 2 is 1.96 bits per heavy atom. The molecule has 0 aliphatic carbocycles. The Bertz CT molecular complexity index is 676. The van der Waals surface area contributed by atoms with E-state index in [1.54, 1.807) is 0 Å². The summed E-state index contributed by atoms with van der Waals surface area (Å²) in [6.07, 6.45) is 4.60. The van der Waals surface area contributed by atoms with Crippen LogP contribution in [0.2, 0.25) is 0 Å². The number of nitrogens with zero attached hydrogens (tertiary/aromatic N) is 3. The van der Waals surface area contributed by atoms with Crippen molar-refractivity contribution in [2.75, 3.05) is 19.6 Å². The number of hydrogen-bond donors (Lipinski definition) is 1. The third kappa shape index (κ3) is 4.90. The summed E-state index contributed by atoms with van der Waals surface area (Å²) in [7, 11) is 0. The van der Waals surface area contributed by atoms with Crippen LogP contribution in [0.25, 0.3) is 5.69 Å². The molecule has 6 nitrogen and oxygen atoms in total. The summed E-state index contributed by atoms with van der Waals surface area (Å²) in [5, 5.41) is 7.70. The predicted octanol–water partition coefficient (Wildman–Crippen LogP) is 1.99. The standard InChI is InChI=1S/C19H26N4O2/c1-15-12-22(13-16(2)25-15)19(24)8-9-20-10-17-11-21-23(14-17)18-6-4-3-5-7-18/h3-7,11,14-16,20H,8-10,12-13H2,1-2H3/t15-,16+. The molecule has 0 radical (unpaired) electrons. The molecule has 1 N–H and O–H groups in total. The van der Waals surface area contributed by atoms with Crippen molar-refractivity contribution >= 4 is 5.91 Å². The van der Waals surface area contributed by atoms with Gasteiger partial charge in [-0.15, -0.1) is 0 Å². The Labute approximate surface area is 148 Å². The zero-order valence-corrected chi connectivity index (χ0v) is 14.9. The van der Waals surface area contributed by atoms with Gasteiger partial charge in [-0.3, -0.25) is 4.79 Å². The molecule has 1 aromatic carbocycles. The van der Waals surface area contributed by atoms with Crippen LogP contribution in [0.5, 0.6) is 0 Å². The van der Waals surface area contributed by atoms with Gasteiger partial charge in [0, 0.05) is 44.4 Å². The van der Waals surface area contributed by atoms with Gasteiger partial charge in [0.05, 0.1) is 24.1 Å². The van der Waals surface area contributed by atoms with Crippen molar-refractivity contribution in [3.05, 3.63) is 48.3 Å². The molecule has 1 aliphatic heterocycles. The lowest BCUT2D eigenvalue weighted by Gasteiger charge is -2.35. The predicted molar refractivity (Wildman–Crippen MR) is 96.5 cm³/mol. The number of ether oxygens (including phenoxy) is 1. The Morgan fingerprint density at radius 3 is 2.68 bits per heavy atom. The third-order valence-corrected chi connectivity index (χ3v) is 4.27. The first-order chi connectivity index (χ1) is 12.1. The molecule has 1 saturated heterocycles. The molecule has 0 spiro atoms. The van der Waals surface area contributed by atoms with E-state index in [4.69, 9.17) is 4.74 Å². The molecule has 134 valence electrons. The van der Waals surface area contributed by atoms with Gasteiger partial charge < -0.3 is 15.0 Å². The number of para-hydroxylation sites is 1. The minimum atomic E-state index is 0.115. The lowest BCUT2D eigenvalue weighted by molar-refractivity contribution is -0.143. The van der Waals surface area contributed by atoms with Crippen molar-refractivity contribution in [3.63, 3.8) is 0 Å². The monoisotopic (exact) mass is 342 g/mol. The first-order valence-electron chi connectivity index (χ1n) is 8.85. The molecule has 0 unspecified atom stereocenters. The van der Waals surface area contributed by atoms with Crippen LogP contribution >= 0.6 is 0 Å². The lowest BCUT2D eigenvalue weighted by atomic mass is 10.2. The second-order valence-corrected chi connectivity index (χ2v) is 6.61. The van der Waals surface area contributed by atoms with Crippen molar-refractivity contribution in [2.45, 2.75) is 39.0 Å². The van der Waals surface area contributed by atoms with Gasteiger partial charge in [-0.05, 0) is 26.0 Å². The maximum absolute atomic E-state index is 12.3. The average molecular weight is 342 g/mol. The van der Waals surface area contributed by atoms with Crippen LogP contribution in [0.3, 0.4) is 0 Å². The number of morpholine rings is 1. The fraction of sp³-hybridized carbons (Fsp3) is 0.474. The number of hydrogen-bond acceptors (Lipinski definition) is 4. The molecule has 0 saturated carbocycles. The Hall–Kier alpha value is -2.18. The maximum Gasteiger partial charge on any atom is 0.224 e. The van der Waals surface area contributed by atoms with Crippen LogP contribution in [0.4, 0.5) is 0 Å². The molecular weight excluding hydrogens is 316 g/mol. The van der Waals surface area contributed by atoms with E-state index in [-0.39, 0.29) is 18.1 Å². The van der Waals surface area contributed by atoms with E-state index in [0.717, 1.165) is 11.3 Å². The summed E-state index contributed by atoms with van der Waals surface area (Å²) in [5.74, 6) is 0.189. The van der Waals surface area contributed by atoms with Gasteiger partial charge in [-0.1, -0.05) is 18.2 Å². The molecule has 1 aromatic heterocycles. The van der Waals surface area contributed by atoms with Crippen molar-refractivity contribution in [1.82, 2.24) is 20.0 Å². The number of carbonyl (C=O) groups is 1. The van der Waals surface area contributed by atoms with E-state index in [0.29, 0.717) is 32.6 Å². The van der Waals surface area contributed by atoms with Crippen LogP contribution in [-0.4, -0.2) is 52.4 Å². The molecule has 25 heavy (non-hydrogen) atoms. The number of carbonyl (C=O) groups excluding carboxylic acids is 1. The smallest absolute Gasteiger partial charge is 0.224 e. The first kappa shape index (κ1) is 17.6. The molecule has 2 aromatic rings. The molecule has 6 heteroatoms. The Morgan fingerprint density at radius 1 is 1.24 bits per heavy atom. The second-order valence-electron chi connectivity index (χ2n) is 6.61. The van der Waals surface area contributed by atoms with E-state index >= 15 is 0 Å². The molecule has 3 rings (SSSR count). The fourth-order valence-corrected chi connectivity index (χ4v) is 3.14. The van der Waals surface area contributed by atoms with Crippen molar-refractivity contribution in [3.8, 4) is 5.69 Å². The maximum atomic E-state index is 12.3. The van der Waals surface area contributed by atoms with E-state index in [9.17, 15) is 4.79 Å². The van der Waals surface area contributed by atoms with Gasteiger partial charge in [0.1, 0.15) is 0 Å². The zero-order chi connectivity index (χ0) is 17.6. The van der Waals surface area contributed by atoms with Crippen LogP contribution in [0.15, 0.2) is 42.7 Å². The van der Waals surface area contributed by atoms with E-state index in [1.165, 1.54) is 0 Å². The van der Waals surface area contributed by atoms with Gasteiger partial charge in [-0.2, -0.15) is 5.10 Å². The van der Waals surface area contributed by atoms with Crippen LogP contribution in [0.1, 0.15) is 25.8 Å². The van der Waals surface area contributed by atoms with Crippen molar-refractivity contribution in [2.24, 2.45) is 0 Å². The Kier molecular flexibility index (Phi) is 5.83. The highest BCUT2D eigenvalue weighted by atomic mass is 16.5. The number of aromatic nitrogens is 2. The number of benzene rings is 1. The summed E-state index contributed by atoms with van der Waals surface area (Å²) in [6, 6.07) is 10.0. The summed E-state index contributed by atoms with van der Waals surface area (Å²) in [6.45, 7) is 6.77. The summed E-state index contributed by atoms with van der Waals surface area (Å²) >= 11 is 0. The van der Waals surface area contributed by atoms with Crippen molar-refractivity contribution < 1.29 is 9.53 Å². The normalized spacial score (nSPS) is 20.6. The first-order valence-corrected chi connectivity index (χ1v) is 8.85. The van der Waals surface area contributed by atoms with Crippen LogP contribution in [-0.2, 0) is 16.1 Å². The minimum Gasteiger partial charge on any atom is -0.372 e. The van der Waals surface area contributed by atoms with Crippen LogP contribution in [0, 0.1) is 0 Å². The highest BCUT2D eigenvalue weighted by Gasteiger charge is 2.25. The van der Waals surface area contributed by atoms with Gasteiger partial charge in [0.25, 0.3) is 0 Å². The molecule has 1 fully saturated rings. The minimum absolute atomic E-state index is 0.115. The SMILES string of the molecule is C[C@@H]1CN(C(=O)CCNCc2cnn(-c3ccccc3)c2)C[C@H](C)O1. The summed E-state index contributed by atoms with van der Waals surface area (Å²) in [4.78, 5) is 14.2. The summed E-state index contributed by atoms with van der Waals surface area (Å²) < 4.78 is 7.53. The van der Waals surface area contributed by atoms with Gasteiger partial charge >= 0.3 is 0 Å². The zero-order valence-electron chi connectivity index (χ0n) is 14.9. The molecule has 0 bridgehead atoms. The number of rotatable bonds is 6. The van der Waals surface area contributed by atoms with Crippen molar-refractivity contribution in [1.29, 1.82) is 0 Å². The molecule has 2 heterocycles. The lowest BCUT2D eigenvalue weighted by Crippen LogP contribution is -2.48. The topological polar surface area (TPSA) is 59.4 Å².